The van der Waals surface area contributed by atoms with E-state index in [9.17, 15) is 9.59 Å². The van der Waals surface area contributed by atoms with E-state index in [0.717, 1.165) is 0 Å². The lowest BCUT2D eigenvalue weighted by atomic mass is 9.77. The van der Waals surface area contributed by atoms with Crippen molar-refractivity contribution in [2.75, 3.05) is 0 Å². The molecule has 0 aliphatic carbocycles. The molecule has 0 amide bonds. The number of carbonyl (C=O) groups excluding carboxylic acids is 1. The third kappa shape index (κ3) is 2.29. The Morgan fingerprint density at radius 2 is 1.62 bits per heavy atom. The normalized spacial score (nSPS) is 11.3. The molecule has 0 aromatic rings. The Kier molecular flexibility index (Phi) is 4.67. The van der Waals surface area contributed by atoms with Crippen molar-refractivity contribution in [2.24, 2.45) is 5.41 Å². The van der Waals surface area contributed by atoms with Crippen LogP contribution in [-0.4, -0.2) is 16.9 Å². The monoisotopic (exact) mass is 186 g/mol. The largest absolute Gasteiger partial charge is 0.480 e. The third-order valence-corrected chi connectivity index (χ3v) is 2.63. The van der Waals surface area contributed by atoms with Gasteiger partial charge >= 0.3 is 5.97 Å². The van der Waals surface area contributed by atoms with Crippen molar-refractivity contribution in [3.63, 3.8) is 0 Å². The zero-order chi connectivity index (χ0) is 10.5. The summed E-state index contributed by atoms with van der Waals surface area (Å²) < 4.78 is 0. The zero-order valence-electron chi connectivity index (χ0n) is 8.59. The van der Waals surface area contributed by atoms with Crippen LogP contribution in [-0.2, 0) is 9.59 Å². The number of aliphatic carboxylic acids is 1. The van der Waals surface area contributed by atoms with Gasteiger partial charge in [0, 0.05) is 6.42 Å². The van der Waals surface area contributed by atoms with Gasteiger partial charge in [-0.05, 0) is 19.3 Å². The molecule has 0 aliphatic heterocycles. The van der Waals surface area contributed by atoms with Crippen molar-refractivity contribution in [1.29, 1.82) is 0 Å². The fourth-order valence-corrected chi connectivity index (χ4v) is 1.53. The molecule has 0 fully saturated rings. The van der Waals surface area contributed by atoms with Crippen LogP contribution >= 0.6 is 0 Å². The van der Waals surface area contributed by atoms with E-state index in [1.807, 2.05) is 6.92 Å². The average Bonchev–Trinajstić information content (AvgIpc) is 2.07. The Hall–Kier alpha value is -0.860. The molecule has 0 saturated heterocycles. The lowest BCUT2D eigenvalue weighted by molar-refractivity contribution is -0.155. The number of Topliss-reactive ketones (excluding diaryl/α,β-unsaturated/α-hetero) is 1. The van der Waals surface area contributed by atoms with Crippen LogP contribution in [0.5, 0.6) is 0 Å². The Labute approximate surface area is 79.1 Å². The summed E-state index contributed by atoms with van der Waals surface area (Å²) in [6.45, 7) is 5.40. The van der Waals surface area contributed by atoms with Crippen molar-refractivity contribution in [2.45, 2.75) is 46.5 Å². The van der Waals surface area contributed by atoms with Crippen molar-refractivity contribution >= 4 is 11.8 Å². The topological polar surface area (TPSA) is 54.4 Å². The molecule has 0 aliphatic rings. The van der Waals surface area contributed by atoms with E-state index in [4.69, 9.17) is 5.11 Å². The summed E-state index contributed by atoms with van der Waals surface area (Å²) in [4.78, 5) is 22.6. The Balaban J connectivity index is 4.75. The number of rotatable bonds is 6. The molecule has 0 radical (unpaired) electrons. The predicted molar refractivity (Wildman–Crippen MR) is 50.6 cm³/mol. The van der Waals surface area contributed by atoms with Gasteiger partial charge in [0.2, 0.25) is 0 Å². The van der Waals surface area contributed by atoms with E-state index in [1.54, 1.807) is 13.8 Å². The standard InChI is InChI=1S/C10H18O3/c1-4-7-8(11)10(5-2,6-3)9(12)13/h4-7H2,1-3H3,(H,12,13). The number of hydrogen-bond donors (Lipinski definition) is 1. The van der Waals surface area contributed by atoms with Crippen LogP contribution < -0.4 is 0 Å². The Bertz CT molecular complexity index is 192. The second-order valence-electron chi connectivity index (χ2n) is 3.27. The highest BCUT2D eigenvalue weighted by atomic mass is 16.4. The molecular weight excluding hydrogens is 168 g/mol. The lowest BCUT2D eigenvalue weighted by Gasteiger charge is -2.24. The first kappa shape index (κ1) is 12.1. The first-order valence-corrected chi connectivity index (χ1v) is 4.81. The van der Waals surface area contributed by atoms with Crippen LogP contribution in [0.2, 0.25) is 0 Å². The lowest BCUT2D eigenvalue weighted by Crippen LogP contribution is -2.38. The molecule has 0 aromatic heterocycles. The Morgan fingerprint density at radius 1 is 1.15 bits per heavy atom. The van der Waals surface area contributed by atoms with Crippen LogP contribution in [0, 0.1) is 5.41 Å². The molecule has 0 bridgehead atoms. The number of carbonyl (C=O) groups is 2. The van der Waals surface area contributed by atoms with Crippen molar-refractivity contribution in [1.82, 2.24) is 0 Å². The first-order valence-electron chi connectivity index (χ1n) is 4.81. The first-order chi connectivity index (χ1) is 6.05. The van der Waals surface area contributed by atoms with E-state index in [-0.39, 0.29) is 5.78 Å². The summed E-state index contributed by atoms with van der Waals surface area (Å²) in [6, 6.07) is 0. The highest BCUT2D eigenvalue weighted by Gasteiger charge is 2.41. The summed E-state index contributed by atoms with van der Waals surface area (Å²) in [5.41, 5.74) is -1.13. The quantitative estimate of drug-likeness (QED) is 0.647. The fourth-order valence-electron chi connectivity index (χ4n) is 1.53. The molecule has 0 saturated carbocycles. The van der Waals surface area contributed by atoms with Gasteiger partial charge in [-0.25, -0.2) is 0 Å². The van der Waals surface area contributed by atoms with E-state index in [1.165, 1.54) is 0 Å². The van der Waals surface area contributed by atoms with Gasteiger partial charge < -0.3 is 5.11 Å². The molecule has 1 N–H and O–H groups in total. The zero-order valence-corrected chi connectivity index (χ0v) is 8.59. The number of carboxylic acid groups (broad SMARTS) is 1. The number of hydrogen-bond acceptors (Lipinski definition) is 2. The molecular formula is C10H18O3. The van der Waals surface area contributed by atoms with Crippen molar-refractivity contribution in [3.8, 4) is 0 Å². The maximum atomic E-state index is 11.6. The molecule has 0 rings (SSSR count). The Morgan fingerprint density at radius 3 is 1.85 bits per heavy atom. The van der Waals surface area contributed by atoms with Gasteiger partial charge in [-0.15, -0.1) is 0 Å². The van der Waals surface area contributed by atoms with Gasteiger partial charge in [0.1, 0.15) is 11.2 Å². The maximum Gasteiger partial charge on any atom is 0.317 e. The molecule has 76 valence electrons. The molecule has 0 atom stereocenters. The van der Waals surface area contributed by atoms with Crippen molar-refractivity contribution in [3.05, 3.63) is 0 Å². The fraction of sp³-hybridized carbons (Fsp3) is 0.800. The van der Waals surface area contributed by atoms with Gasteiger partial charge in [0.05, 0.1) is 0 Å². The van der Waals surface area contributed by atoms with Gasteiger partial charge in [0.25, 0.3) is 0 Å². The third-order valence-electron chi connectivity index (χ3n) is 2.63. The smallest absolute Gasteiger partial charge is 0.317 e. The molecule has 0 unspecified atom stereocenters. The van der Waals surface area contributed by atoms with Gasteiger partial charge in [-0.2, -0.15) is 0 Å². The second kappa shape index (κ2) is 5.00. The van der Waals surface area contributed by atoms with E-state index in [0.29, 0.717) is 25.7 Å². The summed E-state index contributed by atoms with van der Waals surface area (Å²) in [6.07, 6.45) is 1.86. The van der Waals surface area contributed by atoms with Crippen LogP contribution in [0.1, 0.15) is 46.5 Å². The number of carboxylic acids is 1. The van der Waals surface area contributed by atoms with Crippen LogP contribution in [0.25, 0.3) is 0 Å². The van der Waals surface area contributed by atoms with Gasteiger partial charge in [0.15, 0.2) is 0 Å². The number of ketones is 1. The molecule has 13 heavy (non-hydrogen) atoms. The predicted octanol–water partition coefficient (Wildman–Crippen LogP) is 2.25. The van der Waals surface area contributed by atoms with Crippen molar-refractivity contribution < 1.29 is 14.7 Å². The minimum absolute atomic E-state index is 0.132. The van der Waals surface area contributed by atoms with Crippen LogP contribution in [0.15, 0.2) is 0 Å². The molecule has 0 spiro atoms. The maximum absolute atomic E-state index is 11.6. The molecule has 0 aromatic carbocycles. The minimum Gasteiger partial charge on any atom is -0.480 e. The molecule has 3 heteroatoms. The average molecular weight is 186 g/mol. The van der Waals surface area contributed by atoms with E-state index < -0.39 is 11.4 Å². The highest BCUT2D eigenvalue weighted by Crippen LogP contribution is 2.29. The van der Waals surface area contributed by atoms with Gasteiger partial charge in [-0.3, -0.25) is 9.59 Å². The van der Waals surface area contributed by atoms with E-state index in [2.05, 4.69) is 0 Å². The molecule has 3 nitrogen and oxygen atoms in total. The summed E-state index contributed by atoms with van der Waals surface area (Å²) in [5.74, 6) is -1.11. The van der Waals surface area contributed by atoms with Crippen LogP contribution in [0.3, 0.4) is 0 Å². The highest BCUT2D eigenvalue weighted by molar-refractivity contribution is 6.02. The summed E-state index contributed by atoms with van der Waals surface area (Å²) in [5, 5.41) is 9.00. The SMILES string of the molecule is CCCC(=O)C(CC)(CC)C(=O)O. The second-order valence-corrected chi connectivity index (χ2v) is 3.27. The van der Waals surface area contributed by atoms with E-state index >= 15 is 0 Å². The summed E-state index contributed by atoms with van der Waals surface area (Å²) >= 11 is 0. The summed E-state index contributed by atoms with van der Waals surface area (Å²) in [7, 11) is 0. The van der Waals surface area contributed by atoms with Gasteiger partial charge in [-0.1, -0.05) is 20.8 Å². The minimum atomic E-state index is -1.13. The van der Waals surface area contributed by atoms with Crippen LogP contribution in [0.4, 0.5) is 0 Å². The molecule has 0 heterocycles.